The molecule has 22 nitrogen and oxygen atoms in total. The minimum atomic E-state index is -1.95. The molecule has 22 heteroatoms. The zero-order valence-corrected chi connectivity index (χ0v) is 44.0. The standard InChI is InChI=1S/C58H68N2O20/c1-72-42(63)26-12-4-2-3-5-17-27-73-58-51(75-31-34-20-10-7-11-21-34)50(80-57-44(48(67)46(65)40(29-62)78-57)60-54(70)37-24-15-16-25-38(37)55(60)71)49(74-30-33-18-8-6-9-19-33)41(79-58)32-76-56-43(47(66)45(64)39(28-61)77-56)59-52(68)35-22-13-14-23-36(35)53(59)69/h6-11,13-16,18-25,39-41,43-51,56-58,61-62,64-67H,2-5,12,17,26-32H2,1H3/t39-,40-,41-,43-,44-,45-,46-,47-,48-,49-,50+,51+,56-,57+,58+/m1/s1. The minimum Gasteiger partial charge on any atom is -0.469 e. The fraction of sp³-hybridized carbons (Fsp3) is 0.500. The predicted molar refractivity (Wildman–Crippen MR) is 277 cm³/mol. The summed E-state index contributed by atoms with van der Waals surface area (Å²) in [5.41, 5.74) is 1.53. The SMILES string of the molecule is COC(=O)CCCCCCCCO[C@H]1O[C@H](CO[C@@H]2O[C@H](CO)[C@@H](O)[C@H](O)[C@H]2N2C(=O)c3ccccc3C2=O)[C@@H](OCc2ccccc2)[C@H](O[C@@H]2O[C@H](CO)[C@@H](O)[C@H](O)[C@H]2N2C(=O)c3ccccc3C2=O)[C@@H]1OCc1ccccc1. The number of aliphatic hydroxyl groups is 6. The summed E-state index contributed by atoms with van der Waals surface area (Å²) in [5, 5.41) is 67.3. The van der Waals surface area contributed by atoms with E-state index in [4.69, 9.17) is 42.6 Å². The first-order valence-corrected chi connectivity index (χ1v) is 27.0. The van der Waals surface area contributed by atoms with Crippen molar-refractivity contribution < 1.29 is 97.2 Å². The first kappa shape index (κ1) is 58.7. The lowest BCUT2D eigenvalue weighted by molar-refractivity contribution is -0.367. The Kier molecular flexibility index (Phi) is 20.0. The van der Waals surface area contributed by atoms with Crippen molar-refractivity contribution in [1.29, 1.82) is 0 Å². The van der Waals surface area contributed by atoms with Gasteiger partial charge in [-0.05, 0) is 48.2 Å². The van der Waals surface area contributed by atoms with Gasteiger partial charge in [-0.1, -0.05) is 111 Å². The Morgan fingerprint density at radius 1 is 0.475 bits per heavy atom. The van der Waals surface area contributed by atoms with Gasteiger partial charge >= 0.3 is 5.97 Å². The third kappa shape index (κ3) is 12.7. The molecule has 0 spiro atoms. The van der Waals surface area contributed by atoms with Gasteiger partial charge in [0.1, 0.15) is 73.1 Å². The number of carbonyl (C=O) groups is 5. The van der Waals surface area contributed by atoms with Gasteiger partial charge in [-0.3, -0.25) is 33.8 Å². The molecule has 3 saturated heterocycles. The Hall–Kier alpha value is -5.93. The fourth-order valence-corrected chi connectivity index (χ4v) is 10.8. The second kappa shape index (κ2) is 27.2. The van der Waals surface area contributed by atoms with Crippen LogP contribution in [0.4, 0.5) is 0 Å². The molecule has 4 aromatic carbocycles. The fourth-order valence-electron chi connectivity index (χ4n) is 10.8. The van der Waals surface area contributed by atoms with E-state index in [1.54, 1.807) is 48.5 Å². The van der Waals surface area contributed by atoms with Gasteiger partial charge in [0.25, 0.3) is 23.6 Å². The van der Waals surface area contributed by atoms with Crippen LogP contribution in [0.1, 0.15) is 97.5 Å². The molecule has 9 rings (SSSR count). The third-order valence-electron chi connectivity index (χ3n) is 15.1. The maximum atomic E-state index is 14.3. The topological polar surface area (TPSA) is 296 Å². The van der Waals surface area contributed by atoms with E-state index in [2.05, 4.69) is 0 Å². The second-order valence-corrected chi connectivity index (χ2v) is 20.3. The summed E-state index contributed by atoms with van der Waals surface area (Å²) in [4.78, 5) is 69.7. The van der Waals surface area contributed by atoms with Crippen LogP contribution >= 0.6 is 0 Å². The Morgan fingerprint density at radius 2 is 0.900 bits per heavy atom. The summed E-state index contributed by atoms with van der Waals surface area (Å²) >= 11 is 0. The van der Waals surface area contributed by atoms with Crippen LogP contribution in [0.3, 0.4) is 0 Å². The number of ether oxygens (including phenoxy) is 9. The summed E-state index contributed by atoms with van der Waals surface area (Å²) in [6.45, 7) is -2.30. The van der Waals surface area contributed by atoms with E-state index in [0.29, 0.717) is 30.4 Å². The number of carbonyl (C=O) groups excluding carboxylic acids is 5. The number of methoxy groups -OCH3 is 1. The smallest absolute Gasteiger partial charge is 0.305 e. The van der Waals surface area contributed by atoms with Crippen LogP contribution in [-0.2, 0) is 60.6 Å². The molecule has 0 bridgehead atoms. The van der Waals surface area contributed by atoms with E-state index in [0.717, 1.165) is 35.5 Å². The van der Waals surface area contributed by atoms with Crippen LogP contribution in [0.15, 0.2) is 109 Å². The van der Waals surface area contributed by atoms with Gasteiger partial charge in [0, 0.05) is 13.0 Å². The number of unbranched alkanes of at least 4 members (excludes halogenated alkanes) is 5. The monoisotopic (exact) mass is 1110 g/mol. The van der Waals surface area contributed by atoms with Crippen molar-refractivity contribution >= 4 is 29.6 Å². The van der Waals surface area contributed by atoms with Gasteiger partial charge in [-0.2, -0.15) is 0 Å². The van der Waals surface area contributed by atoms with Gasteiger partial charge in [0.2, 0.25) is 0 Å². The van der Waals surface area contributed by atoms with Gasteiger partial charge in [-0.15, -0.1) is 0 Å². The van der Waals surface area contributed by atoms with E-state index in [9.17, 15) is 54.6 Å². The molecule has 5 heterocycles. The molecule has 430 valence electrons. The van der Waals surface area contributed by atoms with E-state index >= 15 is 0 Å². The predicted octanol–water partition coefficient (Wildman–Crippen LogP) is 2.41. The van der Waals surface area contributed by atoms with Gasteiger partial charge in [0.15, 0.2) is 18.9 Å². The van der Waals surface area contributed by atoms with Crippen molar-refractivity contribution in [3.05, 3.63) is 143 Å². The van der Waals surface area contributed by atoms with Crippen LogP contribution in [0.2, 0.25) is 0 Å². The number of fused-ring (bicyclic) bond motifs is 2. The van der Waals surface area contributed by atoms with Crippen molar-refractivity contribution in [2.75, 3.05) is 33.5 Å². The lowest BCUT2D eigenvalue weighted by Gasteiger charge is -2.50. The molecule has 4 amide bonds. The number of esters is 1. The van der Waals surface area contributed by atoms with Crippen molar-refractivity contribution in [3.8, 4) is 0 Å². The molecule has 5 aliphatic heterocycles. The van der Waals surface area contributed by atoms with Crippen molar-refractivity contribution in [2.45, 2.75) is 150 Å². The van der Waals surface area contributed by atoms with E-state index in [1.807, 2.05) is 36.4 Å². The van der Waals surface area contributed by atoms with Gasteiger partial charge < -0.3 is 73.3 Å². The van der Waals surface area contributed by atoms with E-state index < -0.39 is 135 Å². The number of amides is 4. The van der Waals surface area contributed by atoms with E-state index in [-0.39, 0.29) is 48.0 Å². The first-order chi connectivity index (χ1) is 38.8. The summed E-state index contributed by atoms with van der Waals surface area (Å²) in [6, 6.07) is 26.7. The Morgan fingerprint density at radius 3 is 1.39 bits per heavy atom. The number of rotatable bonds is 25. The second-order valence-electron chi connectivity index (χ2n) is 20.3. The quantitative estimate of drug-likeness (QED) is 0.0315. The lowest BCUT2D eigenvalue weighted by atomic mass is 9.94. The molecular formula is C58H68N2O20. The summed E-state index contributed by atoms with van der Waals surface area (Å²) in [7, 11) is 1.35. The number of imide groups is 2. The average Bonchev–Trinajstić information content (AvgIpc) is 4.07. The minimum absolute atomic E-state index is 0.0267. The molecule has 0 aliphatic carbocycles. The molecule has 6 N–H and O–H groups in total. The highest BCUT2D eigenvalue weighted by Gasteiger charge is 2.58. The zero-order valence-electron chi connectivity index (χ0n) is 44.0. The lowest BCUT2D eigenvalue weighted by Crippen LogP contribution is -2.69. The van der Waals surface area contributed by atoms with Crippen molar-refractivity contribution in [1.82, 2.24) is 9.80 Å². The molecule has 5 aliphatic rings. The molecule has 0 aromatic heterocycles. The van der Waals surface area contributed by atoms with Crippen LogP contribution < -0.4 is 0 Å². The highest BCUT2D eigenvalue weighted by Crippen LogP contribution is 2.39. The number of benzene rings is 4. The summed E-state index contributed by atoms with van der Waals surface area (Å²) < 4.78 is 57.7. The Labute approximate surface area is 461 Å². The van der Waals surface area contributed by atoms with Gasteiger partial charge in [0.05, 0.1) is 62.4 Å². The first-order valence-electron chi connectivity index (χ1n) is 27.0. The molecule has 4 aromatic rings. The third-order valence-corrected chi connectivity index (χ3v) is 15.1. The molecule has 15 atom stereocenters. The summed E-state index contributed by atoms with van der Waals surface area (Å²) in [6.07, 6.45) is -16.1. The number of aliphatic hydroxyl groups excluding tert-OH is 6. The average molecular weight is 1110 g/mol. The molecule has 0 unspecified atom stereocenters. The Bertz CT molecular complexity index is 2670. The molecule has 80 heavy (non-hydrogen) atoms. The summed E-state index contributed by atoms with van der Waals surface area (Å²) in [5.74, 6) is -3.49. The number of hydrogen-bond donors (Lipinski definition) is 6. The van der Waals surface area contributed by atoms with Crippen molar-refractivity contribution in [2.24, 2.45) is 0 Å². The Balaban J connectivity index is 1.09. The number of hydrogen-bond acceptors (Lipinski definition) is 20. The maximum Gasteiger partial charge on any atom is 0.305 e. The van der Waals surface area contributed by atoms with Gasteiger partial charge in [-0.25, -0.2) is 0 Å². The molecule has 3 fully saturated rings. The molecular weight excluding hydrogens is 1040 g/mol. The molecule has 0 saturated carbocycles. The van der Waals surface area contributed by atoms with E-state index in [1.165, 1.54) is 31.4 Å². The van der Waals surface area contributed by atoms with Crippen LogP contribution in [0.5, 0.6) is 0 Å². The molecule has 0 radical (unpaired) electrons. The maximum absolute atomic E-state index is 14.3. The highest BCUT2D eigenvalue weighted by atomic mass is 16.8. The normalized spacial score (nSPS) is 30.4. The zero-order chi connectivity index (χ0) is 56.5. The van der Waals surface area contributed by atoms with Crippen molar-refractivity contribution in [3.63, 3.8) is 0 Å². The largest absolute Gasteiger partial charge is 0.469 e. The highest BCUT2D eigenvalue weighted by molar-refractivity contribution is 6.22. The van der Waals surface area contributed by atoms with Crippen LogP contribution in [-0.4, -0.2) is 196 Å². The van der Waals surface area contributed by atoms with Crippen LogP contribution in [0.25, 0.3) is 0 Å². The number of nitrogens with zero attached hydrogens (tertiary/aromatic N) is 2. The van der Waals surface area contributed by atoms with Crippen LogP contribution in [0, 0.1) is 0 Å².